The van der Waals surface area contributed by atoms with E-state index in [0.717, 1.165) is 12.3 Å². The highest BCUT2D eigenvalue weighted by Crippen LogP contribution is 2.47. The van der Waals surface area contributed by atoms with Crippen molar-refractivity contribution in [2.45, 2.75) is 38.2 Å². The van der Waals surface area contributed by atoms with Crippen LogP contribution in [0.5, 0.6) is 0 Å². The number of nitrogens with zero attached hydrogens (tertiary/aromatic N) is 1. The highest BCUT2D eigenvalue weighted by atomic mass is 32.1. The lowest BCUT2D eigenvalue weighted by Crippen LogP contribution is -2.49. The molecule has 0 spiro atoms. The Morgan fingerprint density at radius 1 is 1.33 bits per heavy atom. The molecule has 2 fully saturated rings. The lowest BCUT2D eigenvalue weighted by Gasteiger charge is -2.40. The van der Waals surface area contributed by atoms with Crippen LogP contribution in [0.3, 0.4) is 0 Å². The van der Waals surface area contributed by atoms with Crippen LogP contribution in [0.4, 0.5) is 0 Å². The zero-order valence-corrected chi connectivity index (χ0v) is 10.9. The van der Waals surface area contributed by atoms with Gasteiger partial charge in [0.25, 0.3) is 0 Å². The average Bonchev–Trinajstić information content (AvgIpc) is 2.99. The molecule has 3 heteroatoms. The van der Waals surface area contributed by atoms with E-state index in [4.69, 9.17) is 4.74 Å². The van der Waals surface area contributed by atoms with Crippen molar-refractivity contribution in [1.82, 2.24) is 4.90 Å². The van der Waals surface area contributed by atoms with Gasteiger partial charge in [-0.1, -0.05) is 0 Å². The maximum absolute atomic E-state index is 5.62. The third kappa shape index (κ3) is 2.69. The molecule has 1 saturated heterocycles. The SMILES string of the molecule is COC1(C)CCCN(CC2(CS)CC2)C1. The van der Waals surface area contributed by atoms with Gasteiger partial charge < -0.3 is 4.74 Å². The van der Waals surface area contributed by atoms with Crippen molar-refractivity contribution < 1.29 is 4.74 Å². The molecular weight excluding hydrogens is 206 g/mol. The Morgan fingerprint density at radius 2 is 2.07 bits per heavy atom. The van der Waals surface area contributed by atoms with Crippen molar-refractivity contribution in [3.05, 3.63) is 0 Å². The van der Waals surface area contributed by atoms with E-state index in [9.17, 15) is 0 Å². The second kappa shape index (κ2) is 4.27. The molecule has 1 atom stereocenters. The Morgan fingerprint density at radius 3 is 2.60 bits per heavy atom. The Bertz CT molecular complexity index is 228. The minimum atomic E-state index is 0.0882. The zero-order chi connectivity index (χ0) is 10.9. The van der Waals surface area contributed by atoms with Gasteiger partial charge in [-0.05, 0) is 50.3 Å². The molecule has 2 nitrogen and oxygen atoms in total. The van der Waals surface area contributed by atoms with Gasteiger partial charge in [-0.3, -0.25) is 4.90 Å². The first-order valence-corrected chi connectivity index (χ1v) is 6.63. The first-order valence-electron chi connectivity index (χ1n) is 6.00. The molecule has 1 aliphatic carbocycles. The average molecular weight is 229 g/mol. The normalized spacial score (nSPS) is 35.4. The molecule has 0 radical (unpaired) electrons. The third-order valence-corrected chi connectivity index (χ3v) is 4.75. The largest absolute Gasteiger partial charge is 0.377 e. The predicted octanol–water partition coefficient (Wildman–Crippen LogP) is 2.20. The predicted molar refractivity (Wildman–Crippen MR) is 66.6 cm³/mol. The molecule has 0 aromatic rings. The maximum Gasteiger partial charge on any atom is 0.0777 e. The number of methoxy groups -OCH3 is 1. The van der Waals surface area contributed by atoms with E-state index in [2.05, 4.69) is 24.5 Å². The van der Waals surface area contributed by atoms with Gasteiger partial charge in [0.05, 0.1) is 5.60 Å². The lowest BCUT2D eigenvalue weighted by atomic mass is 9.93. The lowest BCUT2D eigenvalue weighted by molar-refractivity contribution is -0.0539. The Hall–Kier alpha value is 0.270. The second-order valence-electron chi connectivity index (χ2n) is 5.63. The first kappa shape index (κ1) is 11.7. The first-order chi connectivity index (χ1) is 7.11. The smallest absolute Gasteiger partial charge is 0.0777 e. The van der Waals surface area contributed by atoms with Crippen LogP contribution in [-0.2, 0) is 4.74 Å². The standard InChI is InChI=1S/C12H23NOS/c1-11(14-2)4-3-7-13(8-11)9-12(10-15)5-6-12/h15H,3-10H2,1-2H3. The van der Waals surface area contributed by atoms with E-state index in [-0.39, 0.29) is 5.60 Å². The topological polar surface area (TPSA) is 12.5 Å². The molecule has 0 aromatic carbocycles. The second-order valence-corrected chi connectivity index (χ2v) is 5.94. The van der Waals surface area contributed by atoms with Crippen LogP contribution in [0.25, 0.3) is 0 Å². The summed E-state index contributed by atoms with van der Waals surface area (Å²) >= 11 is 4.47. The molecule has 1 unspecified atom stereocenters. The molecule has 2 aliphatic rings. The molecule has 1 heterocycles. The summed E-state index contributed by atoms with van der Waals surface area (Å²) in [5.41, 5.74) is 0.639. The summed E-state index contributed by atoms with van der Waals surface area (Å²) in [4.78, 5) is 2.58. The van der Waals surface area contributed by atoms with Crippen molar-refractivity contribution in [3.8, 4) is 0 Å². The van der Waals surface area contributed by atoms with Gasteiger partial charge in [-0.25, -0.2) is 0 Å². The number of rotatable bonds is 4. The fraction of sp³-hybridized carbons (Fsp3) is 1.00. The van der Waals surface area contributed by atoms with Crippen molar-refractivity contribution in [2.24, 2.45) is 5.41 Å². The molecule has 1 aliphatic heterocycles. The number of thiol groups is 1. The van der Waals surface area contributed by atoms with Crippen LogP contribution >= 0.6 is 12.6 Å². The van der Waals surface area contributed by atoms with E-state index in [1.165, 1.54) is 38.8 Å². The molecule has 0 N–H and O–H groups in total. The molecule has 2 rings (SSSR count). The summed E-state index contributed by atoms with van der Waals surface area (Å²) in [6.07, 6.45) is 5.22. The fourth-order valence-corrected chi connectivity index (χ4v) is 3.04. The molecule has 0 bridgehead atoms. The quantitative estimate of drug-likeness (QED) is 0.742. The summed E-state index contributed by atoms with van der Waals surface area (Å²) in [6.45, 7) is 5.81. The Labute approximate surface area is 98.8 Å². The molecule has 0 amide bonds. The summed E-state index contributed by atoms with van der Waals surface area (Å²) in [6, 6.07) is 0. The van der Waals surface area contributed by atoms with Crippen LogP contribution < -0.4 is 0 Å². The molecule has 15 heavy (non-hydrogen) atoms. The highest BCUT2D eigenvalue weighted by molar-refractivity contribution is 7.80. The third-order valence-electron chi connectivity index (χ3n) is 4.08. The van der Waals surface area contributed by atoms with Crippen LogP contribution in [0.2, 0.25) is 0 Å². The van der Waals surface area contributed by atoms with E-state index in [1.54, 1.807) is 0 Å². The Kier molecular flexibility index (Phi) is 3.34. The number of hydrogen-bond acceptors (Lipinski definition) is 3. The Balaban J connectivity index is 1.88. The van der Waals surface area contributed by atoms with Gasteiger partial charge in [0.15, 0.2) is 0 Å². The number of likely N-dealkylation sites (tertiary alicyclic amines) is 1. The van der Waals surface area contributed by atoms with Crippen molar-refractivity contribution >= 4 is 12.6 Å². The maximum atomic E-state index is 5.62. The van der Waals surface area contributed by atoms with E-state index < -0.39 is 0 Å². The zero-order valence-electron chi connectivity index (χ0n) is 9.96. The minimum absolute atomic E-state index is 0.0882. The molecule has 0 aromatic heterocycles. The van der Waals surface area contributed by atoms with Crippen molar-refractivity contribution in [2.75, 3.05) is 32.5 Å². The van der Waals surface area contributed by atoms with Gasteiger partial charge in [-0.2, -0.15) is 12.6 Å². The molecule has 1 saturated carbocycles. The van der Waals surface area contributed by atoms with Gasteiger partial charge in [0, 0.05) is 20.2 Å². The van der Waals surface area contributed by atoms with Crippen LogP contribution in [0.15, 0.2) is 0 Å². The monoisotopic (exact) mass is 229 g/mol. The molecular formula is C12H23NOS. The van der Waals surface area contributed by atoms with Crippen LogP contribution in [-0.4, -0.2) is 43.0 Å². The fourth-order valence-electron chi connectivity index (χ4n) is 2.63. The summed E-state index contributed by atoms with van der Waals surface area (Å²) in [5.74, 6) is 1.05. The van der Waals surface area contributed by atoms with Crippen LogP contribution in [0.1, 0.15) is 32.6 Å². The number of ether oxygens (including phenoxy) is 1. The van der Waals surface area contributed by atoms with Gasteiger partial charge >= 0.3 is 0 Å². The number of hydrogen-bond donors (Lipinski definition) is 1. The minimum Gasteiger partial charge on any atom is -0.377 e. The summed E-state index contributed by atoms with van der Waals surface area (Å²) in [5, 5.41) is 0. The van der Waals surface area contributed by atoms with E-state index >= 15 is 0 Å². The van der Waals surface area contributed by atoms with Crippen molar-refractivity contribution in [3.63, 3.8) is 0 Å². The van der Waals surface area contributed by atoms with Gasteiger partial charge in [0.2, 0.25) is 0 Å². The molecule has 88 valence electrons. The highest BCUT2D eigenvalue weighted by Gasteiger charge is 2.44. The van der Waals surface area contributed by atoms with Gasteiger partial charge in [-0.15, -0.1) is 0 Å². The van der Waals surface area contributed by atoms with E-state index in [0.29, 0.717) is 5.41 Å². The number of piperidine rings is 1. The van der Waals surface area contributed by atoms with Crippen molar-refractivity contribution in [1.29, 1.82) is 0 Å². The van der Waals surface area contributed by atoms with Gasteiger partial charge in [0.1, 0.15) is 0 Å². The summed E-state index contributed by atoms with van der Waals surface area (Å²) < 4.78 is 5.62. The van der Waals surface area contributed by atoms with Crippen LogP contribution in [0, 0.1) is 5.41 Å². The summed E-state index contributed by atoms with van der Waals surface area (Å²) in [7, 11) is 1.84. The van der Waals surface area contributed by atoms with E-state index in [1.807, 2.05) is 7.11 Å².